The number of hydrazone groups is 1. The summed E-state index contributed by atoms with van der Waals surface area (Å²) in [6.45, 7) is 0. The molecule has 3 aromatic carbocycles. The summed E-state index contributed by atoms with van der Waals surface area (Å²) in [4.78, 5) is 12.6. The molecule has 2 N–H and O–H groups in total. The zero-order valence-electron chi connectivity index (χ0n) is 18.2. The van der Waals surface area contributed by atoms with Crippen molar-refractivity contribution in [3.05, 3.63) is 87.1 Å². The van der Waals surface area contributed by atoms with Gasteiger partial charge in [0.1, 0.15) is 11.6 Å². The lowest BCUT2D eigenvalue weighted by Crippen LogP contribution is -2.17. The number of nitrogens with one attached hydrogen (secondary N) is 2. The largest absolute Gasteiger partial charge is 0.573 e. The molecule has 0 spiro atoms. The number of hydrogen-bond acceptors (Lipinski definition) is 7. The third-order valence-electron chi connectivity index (χ3n) is 4.43. The van der Waals surface area contributed by atoms with Crippen molar-refractivity contribution in [2.24, 2.45) is 5.10 Å². The number of aromatic nitrogens is 3. The second-order valence-corrected chi connectivity index (χ2v) is 8.45. The average Bonchev–Trinajstić information content (AvgIpc) is 2.78. The molecule has 1 heterocycles. The average molecular weight is 572 g/mol. The van der Waals surface area contributed by atoms with Gasteiger partial charge in [0.15, 0.2) is 5.82 Å². The number of alkyl halides is 3. The van der Waals surface area contributed by atoms with Gasteiger partial charge in [0.2, 0.25) is 11.9 Å². The van der Waals surface area contributed by atoms with Crippen LogP contribution in [0.15, 0.2) is 65.8 Å². The van der Waals surface area contributed by atoms with Crippen LogP contribution in [0, 0.1) is 5.82 Å². The van der Waals surface area contributed by atoms with E-state index in [0.29, 0.717) is 21.3 Å². The van der Waals surface area contributed by atoms with Gasteiger partial charge in [-0.15, -0.1) is 13.2 Å². The zero-order chi connectivity index (χ0) is 26.6. The van der Waals surface area contributed by atoms with Crippen LogP contribution in [-0.2, 0) is 0 Å². The molecule has 0 unspecified atom stereocenters. The lowest BCUT2D eigenvalue weighted by atomic mass is 10.2. The minimum absolute atomic E-state index is 0.00555. The van der Waals surface area contributed by atoms with Crippen molar-refractivity contribution in [1.29, 1.82) is 0 Å². The third kappa shape index (κ3) is 7.42. The first kappa shape index (κ1) is 26.4. The van der Waals surface area contributed by atoms with Crippen LogP contribution in [0.25, 0.3) is 11.4 Å². The molecule has 0 aliphatic carbocycles. The van der Waals surface area contributed by atoms with Crippen LogP contribution in [0.3, 0.4) is 0 Å². The molecule has 4 rings (SSSR count). The maximum Gasteiger partial charge on any atom is 0.573 e. The monoisotopic (exact) mass is 570 g/mol. The Bertz CT molecular complexity index is 1410. The fourth-order valence-corrected chi connectivity index (χ4v) is 3.75. The number of nitrogens with zero attached hydrogens (tertiary/aromatic N) is 4. The van der Waals surface area contributed by atoms with Crippen molar-refractivity contribution in [1.82, 2.24) is 15.0 Å². The summed E-state index contributed by atoms with van der Waals surface area (Å²) >= 11 is 18.3. The summed E-state index contributed by atoms with van der Waals surface area (Å²) < 4.78 is 55.4. The van der Waals surface area contributed by atoms with E-state index in [-0.39, 0.29) is 34.1 Å². The molecule has 0 fully saturated rings. The normalized spacial score (nSPS) is 11.5. The summed E-state index contributed by atoms with van der Waals surface area (Å²) in [7, 11) is 0. The van der Waals surface area contributed by atoms with Crippen molar-refractivity contribution in [3.63, 3.8) is 0 Å². The van der Waals surface area contributed by atoms with Crippen LogP contribution in [0.4, 0.5) is 35.1 Å². The fraction of sp³-hybridized carbons (Fsp3) is 0.0435. The van der Waals surface area contributed by atoms with E-state index in [1.165, 1.54) is 42.6 Å². The Labute approximate surface area is 222 Å². The van der Waals surface area contributed by atoms with Gasteiger partial charge in [-0.1, -0.05) is 40.9 Å². The van der Waals surface area contributed by atoms with E-state index in [4.69, 9.17) is 34.8 Å². The van der Waals surface area contributed by atoms with Crippen molar-refractivity contribution in [3.8, 4) is 17.1 Å². The molecule has 0 saturated carbocycles. The molecule has 0 atom stereocenters. The van der Waals surface area contributed by atoms with Crippen LogP contribution in [0.1, 0.15) is 5.56 Å². The van der Waals surface area contributed by atoms with Crippen LogP contribution in [0.2, 0.25) is 15.1 Å². The molecule has 0 aliphatic rings. The Morgan fingerprint density at radius 2 is 1.54 bits per heavy atom. The smallest absolute Gasteiger partial charge is 0.406 e. The molecule has 37 heavy (non-hydrogen) atoms. The Balaban J connectivity index is 1.62. The lowest BCUT2D eigenvalue weighted by molar-refractivity contribution is -0.274. The molecule has 0 bridgehead atoms. The highest BCUT2D eigenvalue weighted by Gasteiger charge is 2.30. The van der Waals surface area contributed by atoms with E-state index in [9.17, 15) is 17.6 Å². The zero-order valence-corrected chi connectivity index (χ0v) is 20.5. The topological polar surface area (TPSA) is 84.3 Å². The quantitative estimate of drug-likeness (QED) is 0.134. The van der Waals surface area contributed by atoms with Crippen LogP contribution in [-0.4, -0.2) is 27.5 Å². The van der Waals surface area contributed by atoms with E-state index < -0.39 is 12.2 Å². The van der Waals surface area contributed by atoms with Crippen LogP contribution >= 0.6 is 34.8 Å². The first-order valence-electron chi connectivity index (χ1n) is 10.1. The molecule has 0 amide bonds. The molecule has 0 aliphatic heterocycles. The molecular formula is C23H13Cl3F4N6O. The summed E-state index contributed by atoms with van der Waals surface area (Å²) in [6, 6.07) is 13.8. The van der Waals surface area contributed by atoms with Gasteiger partial charge in [-0.05, 0) is 60.2 Å². The van der Waals surface area contributed by atoms with Gasteiger partial charge in [-0.2, -0.15) is 20.1 Å². The molecule has 0 saturated heterocycles. The van der Waals surface area contributed by atoms with E-state index >= 15 is 0 Å². The highest BCUT2D eigenvalue weighted by molar-refractivity contribution is 6.35. The predicted octanol–water partition coefficient (Wildman–Crippen LogP) is 7.73. The Hall–Kier alpha value is -3.67. The fourth-order valence-electron chi connectivity index (χ4n) is 2.98. The van der Waals surface area contributed by atoms with Crippen molar-refractivity contribution in [2.45, 2.75) is 6.36 Å². The summed E-state index contributed by atoms with van der Waals surface area (Å²) in [5, 5.41) is 7.68. The second-order valence-electron chi connectivity index (χ2n) is 7.17. The third-order valence-corrected chi connectivity index (χ3v) is 5.18. The van der Waals surface area contributed by atoms with E-state index in [1.807, 2.05) is 0 Å². The number of halogens is 7. The summed E-state index contributed by atoms with van der Waals surface area (Å²) in [6.07, 6.45) is -3.49. The number of ether oxygens (including phenoxy) is 1. The van der Waals surface area contributed by atoms with Crippen LogP contribution in [0.5, 0.6) is 5.75 Å². The Morgan fingerprint density at radius 1 is 0.865 bits per heavy atom. The SMILES string of the molecule is Fc1cccc(Cl)c1-c1nc(N/N=C/c2ccc(OC(F)(F)F)cc2)nc(Nc2cc(Cl)cc(Cl)c2)n1. The summed E-state index contributed by atoms with van der Waals surface area (Å²) in [5.41, 5.74) is 3.41. The maximum absolute atomic E-state index is 14.6. The molecule has 4 aromatic rings. The van der Waals surface area contributed by atoms with Crippen LogP contribution < -0.4 is 15.5 Å². The Kier molecular flexibility index (Phi) is 7.96. The van der Waals surface area contributed by atoms with Gasteiger partial charge in [0.05, 0.1) is 16.8 Å². The van der Waals surface area contributed by atoms with E-state index in [0.717, 1.165) is 12.1 Å². The number of hydrogen-bond donors (Lipinski definition) is 2. The standard InChI is InChI=1S/C23H13Cl3F4N6O/c24-13-8-14(25)10-15(9-13)32-21-33-20(19-17(26)2-1-3-18(19)27)34-22(35-21)36-31-11-12-4-6-16(7-5-12)37-23(28,29)30/h1-11H,(H2,32,33,34,35,36)/b31-11+. The van der Waals surface area contributed by atoms with Crippen molar-refractivity contribution in [2.75, 3.05) is 10.7 Å². The highest BCUT2D eigenvalue weighted by Crippen LogP contribution is 2.30. The summed E-state index contributed by atoms with van der Waals surface area (Å²) in [5.74, 6) is -1.23. The number of rotatable bonds is 7. The van der Waals surface area contributed by atoms with Gasteiger partial charge in [0.25, 0.3) is 0 Å². The van der Waals surface area contributed by atoms with E-state index in [2.05, 4.69) is 35.5 Å². The van der Waals surface area contributed by atoms with Gasteiger partial charge in [0, 0.05) is 15.7 Å². The number of benzene rings is 3. The maximum atomic E-state index is 14.6. The van der Waals surface area contributed by atoms with Crippen molar-refractivity contribution < 1.29 is 22.3 Å². The first-order valence-corrected chi connectivity index (χ1v) is 11.3. The van der Waals surface area contributed by atoms with Gasteiger partial charge < -0.3 is 10.1 Å². The first-order chi connectivity index (χ1) is 17.6. The van der Waals surface area contributed by atoms with Gasteiger partial charge in [-0.3, -0.25) is 0 Å². The number of anilines is 3. The predicted molar refractivity (Wildman–Crippen MR) is 134 cm³/mol. The molecule has 14 heteroatoms. The Morgan fingerprint density at radius 3 is 2.19 bits per heavy atom. The molecule has 7 nitrogen and oxygen atoms in total. The molecule has 1 aromatic heterocycles. The van der Waals surface area contributed by atoms with Gasteiger partial charge >= 0.3 is 6.36 Å². The van der Waals surface area contributed by atoms with Crippen molar-refractivity contribution >= 4 is 58.6 Å². The lowest BCUT2D eigenvalue weighted by Gasteiger charge is -2.11. The van der Waals surface area contributed by atoms with Gasteiger partial charge in [-0.25, -0.2) is 9.82 Å². The molecular weight excluding hydrogens is 559 g/mol. The minimum atomic E-state index is -4.79. The highest BCUT2D eigenvalue weighted by atomic mass is 35.5. The molecule has 0 radical (unpaired) electrons. The molecule has 190 valence electrons. The minimum Gasteiger partial charge on any atom is -0.406 e. The van der Waals surface area contributed by atoms with E-state index in [1.54, 1.807) is 12.1 Å². The second kappa shape index (κ2) is 11.2.